The fourth-order valence-corrected chi connectivity index (χ4v) is 3.59. The summed E-state index contributed by atoms with van der Waals surface area (Å²) >= 11 is 1.71. The molecule has 1 amide bonds. The molecule has 2 aromatic rings. The van der Waals surface area contributed by atoms with Crippen LogP contribution in [0.2, 0.25) is 0 Å². The van der Waals surface area contributed by atoms with Crippen LogP contribution in [0.15, 0.2) is 23.7 Å². The maximum Gasteiger partial charge on any atom is 0.276 e. The molecule has 0 unspecified atom stereocenters. The highest BCUT2D eigenvalue weighted by molar-refractivity contribution is 7.09. The van der Waals surface area contributed by atoms with Gasteiger partial charge in [-0.3, -0.25) is 9.69 Å². The molecule has 2 aromatic heterocycles. The number of hydrogen-bond acceptors (Lipinski definition) is 6. The number of amides is 1. The van der Waals surface area contributed by atoms with Gasteiger partial charge in [0.05, 0.1) is 10.7 Å². The Morgan fingerprint density at radius 3 is 2.96 bits per heavy atom. The lowest BCUT2D eigenvalue weighted by molar-refractivity contribution is 0.0752. The first-order valence-electron chi connectivity index (χ1n) is 8.26. The molecule has 128 valence electrons. The molecule has 0 radical (unpaired) electrons. The standard InChI is InChI=1S/C17H22N4O2S/c1-2-15-19-13(12-24-15)11-20-7-4-8-21(10-9-20)17(23)16-14(22)5-3-6-18-16/h3,5-6,12,22H,2,4,7-11H2,1H3. The van der Waals surface area contributed by atoms with Gasteiger partial charge in [0, 0.05) is 44.3 Å². The molecule has 1 aliphatic heterocycles. The average Bonchev–Trinajstić information content (AvgIpc) is 2.92. The first-order valence-corrected chi connectivity index (χ1v) is 9.14. The van der Waals surface area contributed by atoms with Gasteiger partial charge in [0.1, 0.15) is 5.75 Å². The smallest absolute Gasteiger partial charge is 0.276 e. The van der Waals surface area contributed by atoms with Crippen LogP contribution in [-0.2, 0) is 13.0 Å². The molecule has 1 saturated heterocycles. The van der Waals surface area contributed by atoms with Gasteiger partial charge >= 0.3 is 0 Å². The van der Waals surface area contributed by atoms with Crippen molar-refractivity contribution in [3.63, 3.8) is 0 Å². The number of nitrogens with zero attached hydrogens (tertiary/aromatic N) is 4. The fourth-order valence-electron chi connectivity index (χ4n) is 2.86. The van der Waals surface area contributed by atoms with E-state index in [0.717, 1.165) is 38.2 Å². The normalized spacial score (nSPS) is 16.1. The van der Waals surface area contributed by atoms with Crippen LogP contribution in [-0.4, -0.2) is 57.0 Å². The highest BCUT2D eigenvalue weighted by atomic mass is 32.1. The molecule has 0 aliphatic carbocycles. The Bertz CT molecular complexity index is 703. The van der Waals surface area contributed by atoms with Crippen molar-refractivity contribution in [3.8, 4) is 5.75 Å². The number of carbonyl (C=O) groups is 1. The van der Waals surface area contributed by atoms with Crippen LogP contribution in [0.4, 0.5) is 0 Å². The van der Waals surface area contributed by atoms with Crippen LogP contribution in [0.3, 0.4) is 0 Å². The molecular weight excluding hydrogens is 324 g/mol. The van der Waals surface area contributed by atoms with Gasteiger partial charge < -0.3 is 10.0 Å². The largest absolute Gasteiger partial charge is 0.505 e. The molecule has 1 fully saturated rings. The lowest BCUT2D eigenvalue weighted by Gasteiger charge is -2.21. The first kappa shape index (κ1) is 16.9. The molecule has 1 N–H and O–H groups in total. The van der Waals surface area contributed by atoms with Crippen LogP contribution in [0, 0.1) is 0 Å². The van der Waals surface area contributed by atoms with Gasteiger partial charge in [0.25, 0.3) is 5.91 Å². The van der Waals surface area contributed by atoms with Gasteiger partial charge in [-0.25, -0.2) is 9.97 Å². The van der Waals surface area contributed by atoms with Gasteiger partial charge in [-0.2, -0.15) is 0 Å². The number of carbonyl (C=O) groups excluding carboxylic acids is 1. The molecule has 24 heavy (non-hydrogen) atoms. The third-order valence-electron chi connectivity index (χ3n) is 4.15. The summed E-state index contributed by atoms with van der Waals surface area (Å²) in [6, 6.07) is 3.12. The second-order valence-electron chi connectivity index (χ2n) is 5.88. The van der Waals surface area contributed by atoms with E-state index in [1.54, 1.807) is 22.3 Å². The topological polar surface area (TPSA) is 69.6 Å². The quantitative estimate of drug-likeness (QED) is 0.919. The SMILES string of the molecule is CCc1nc(CN2CCCN(C(=O)c3ncccc3O)CC2)cs1. The molecular formula is C17H22N4O2S. The number of aryl methyl sites for hydroxylation is 1. The summed E-state index contributed by atoms with van der Waals surface area (Å²) in [4.78, 5) is 25.3. The Morgan fingerprint density at radius 2 is 2.21 bits per heavy atom. The zero-order chi connectivity index (χ0) is 16.9. The van der Waals surface area contributed by atoms with Crippen molar-refractivity contribution in [2.45, 2.75) is 26.3 Å². The van der Waals surface area contributed by atoms with Crippen molar-refractivity contribution in [1.82, 2.24) is 19.8 Å². The second-order valence-corrected chi connectivity index (χ2v) is 6.82. The van der Waals surface area contributed by atoms with Gasteiger partial charge in [-0.15, -0.1) is 11.3 Å². The molecule has 1 aliphatic rings. The van der Waals surface area contributed by atoms with Crippen molar-refractivity contribution in [1.29, 1.82) is 0 Å². The monoisotopic (exact) mass is 346 g/mol. The molecule has 6 nitrogen and oxygen atoms in total. The lowest BCUT2D eigenvalue weighted by Crippen LogP contribution is -2.35. The maximum absolute atomic E-state index is 12.6. The van der Waals surface area contributed by atoms with Gasteiger partial charge in [-0.1, -0.05) is 6.92 Å². The van der Waals surface area contributed by atoms with E-state index < -0.39 is 0 Å². The van der Waals surface area contributed by atoms with E-state index in [2.05, 4.69) is 27.2 Å². The van der Waals surface area contributed by atoms with Crippen molar-refractivity contribution < 1.29 is 9.90 Å². The third kappa shape index (κ3) is 3.91. The fraction of sp³-hybridized carbons (Fsp3) is 0.471. The predicted octanol–water partition coefficient (Wildman–Crippen LogP) is 2.15. The van der Waals surface area contributed by atoms with Crippen molar-refractivity contribution in [3.05, 3.63) is 40.1 Å². The molecule has 0 saturated carbocycles. The van der Waals surface area contributed by atoms with Crippen molar-refractivity contribution >= 4 is 17.2 Å². The van der Waals surface area contributed by atoms with E-state index in [1.165, 1.54) is 17.3 Å². The molecule has 0 bridgehead atoms. The number of aromatic nitrogens is 2. The molecule has 3 rings (SSSR count). The summed E-state index contributed by atoms with van der Waals surface area (Å²) in [5.41, 5.74) is 1.25. The molecule has 0 spiro atoms. The van der Waals surface area contributed by atoms with Crippen LogP contribution in [0.25, 0.3) is 0 Å². The number of pyridine rings is 1. The van der Waals surface area contributed by atoms with Crippen LogP contribution in [0.5, 0.6) is 5.75 Å². The van der Waals surface area contributed by atoms with Crippen LogP contribution in [0.1, 0.15) is 34.5 Å². The Morgan fingerprint density at radius 1 is 1.33 bits per heavy atom. The van der Waals surface area contributed by atoms with Gasteiger partial charge in [0.2, 0.25) is 0 Å². The Labute approximate surface area is 145 Å². The Hall–Kier alpha value is -1.99. The van der Waals surface area contributed by atoms with Crippen molar-refractivity contribution in [2.24, 2.45) is 0 Å². The Kier molecular flexibility index (Phi) is 5.42. The molecule has 3 heterocycles. The van der Waals surface area contributed by atoms with E-state index in [9.17, 15) is 9.90 Å². The second kappa shape index (κ2) is 7.72. The summed E-state index contributed by atoms with van der Waals surface area (Å²) in [5, 5.41) is 13.1. The molecule has 0 aromatic carbocycles. The van der Waals surface area contributed by atoms with Crippen molar-refractivity contribution in [2.75, 3.05) is 26.2 Å². The first-order chi connectivity index (χ1) is 11.7. The molecule has 0 atom stereocenters. The highest BCUT2D eigenvalue weighted by Crippen LogP contribution is 2.17. The maximum atomic E-state index is 12.6. The minimum absolute atomic E-state index is 0.0572. The van der Waals surface area contributed by atoms with Crippen LogP contribution >= 0.6 is 11.3 Å². The highest BCUT2D eigenvalue weighted by Gasteiger charge is 2.23. The number of rotatable bonds is 4. The van der Waals surface area contributed by atoms with E-state index >= 15 is 0 Å². The zero-order valence-corrected chi connectivity index (χ0v) is 14.6. The van der Waals surface area contributed by atoms with Gasteiger partial charge in [0.15, 0.2) is 5.69 Å². The van der Waals surface area contributed by atoms with Crippen LogP contribution < -0.4 is 0 Å². The number of thiazole rings is 1. The van der Waals surface area contributed by atoms with E-state index in [-0.39, 0.29) is 17.4 Å². The zero-order valence-electron chi connectivity index (χ0n) is 13.8. The molecule has 7 heteroatoms. The summed E-state index contributed by atoms with van der Waals surface area (Å²) in [6.45, 7) is 6.01. The lowest BCUT2D eigenvalue weighted by atomic mass is 10.2. The summed E-state index contributed by atoms with van der Waals surface area (Å²) in [6.07, 6.45) is 3.41. The van der Waals surface area contributed by atoms with E-state index in [4.69, 9.17) is 0 Å². The minimum Gasteiger partial charge on any atom is -0.505 e. The summed E-state index contributed by atoms with van der Waals surface area (Å²) in [7, 11) is 0. The Balaban J connectivity index is 1.60. The van der Waals surface area contributed by atoms with Gasteiger partial charge in [-0.05, 0) is 25.0 Å². The number of aromatic hydroxyl groups is 1. The van der Waals surface area contributed by atoms with E-state index in [1.807, 2.05) is 0 Å². The summed E-state index contributed by atoms with van der Waals surface area (Å²) < 4.78 is 0. The summed E-state index contributed by atoms with van der Waals surface area (Å²) in [5.74, 6) is -0.255. The minimum atomic E-state index is -0.197. The third-order valence-corrected chi connectivity index (χ3v) is 5.19. The predicted molar refractivity (Wildman–Crippen MR) is 93.2 cm³/mol. The van der Waals surface area contributed by atoms with E-state index in [0.29, 0.717) is 13.1 Å². The average molecular weight is 346 g/mol. The number of hydrogen-bond donors (Lipinski definition) is 1.